The second-order valence-electron chi connectivity index (χ2n) is 8.33. The van der Waals surface area contributed by atoms with Gasteiger partial charge in [0.1, 0.15) is 18.1 Å². The number of aryl methyl sites for hydroxylation is 1. The quantitative estimate of drug-likeness (QED) is 0.339. The standard InChI is InChI=1S/C25H26ClN5O2.ClH/c1-17-14-18(22-15-20(32)6-9-23(22)26)16-31-24(17)28-25(29-31)27-19-4-7-21(8-5-19)33-13-12-30-10-2-3-11-30;/h4-9,14-16,32H,2-3,10-13H2,1H3,(H,27,29);1H. The normalized spacial score (nSPS) is 13.7. The number of ether oxygens (including phenoxy) is 1. The molecule has 0 saturated carbocycles. The van der Waals surface area contributed by atoms with Crippen molar-refractivity contribution in [2.75, 3.05) is 31.6 Å². The molecule has 0 amide bonds. The van der Waals surface area contributed by atoms with Gasteiger partial charge in [-0.25, -0.2) is 4.52 Å². The molecule has 0 bridgehead atoms. The first-order valence-corrected chi connectivity index (χ1v) is 11.5. The number of fused-ring (bicyclic) bond motifs is 1. The summed E-state index contributed by atoms with van der Waals surface area (Å²) in [4.78, 5) is 7.06. The van der Waals surface area contributed by atoms with E-state index in [2.05, 4.69) is 20.3 Å². The number of anilines is 2. The molecule has 1 saturated heterocycles. The van der Waals surface area contributed by atoms with Crippen molar-refractivity contribution in [1.29, 1.82) is 0 Å². The van der Waals surface area contributed by atoms with E-state index >= 15 is 0 Å². The van der Waals surface area contributed by atoms with Gasteiger partial charge in [0.15, 0.2) is 5.65 Å². The third-order valence-corrected chi connectivity index (χ3v) is 6.19. The number of benzene rings is 2. The van der Waals surface area contributed by atoms with Crippen LogP contribution in [0.1, 0.15) is 18.4 Å². The maximum absolute atomic E-state index is 9.85. The lowest BCUT2D eigenvalue weighted by Crippen LogP contribution is -2.25. The molecule has 7 nitrogen and oxygen atoms in total. The Hall–Kier alpha value is -3.00. The van der Waals surface area contributed by atoms with Gasteiger partial charge in [0.2, 0.25) is 5.95 Å². The van der Waals surface area contributed by atoms with Crippen LogP contribution in [0.2, 0.25) is 5.02 Å². The van der Waals surface area contributed by atoms with Crippen LogP contribution in [0.4, 0.5) is 11.6 Å². The van der Waals surface area contributed by atoms with Gasteiger partial charge in [0, 0.05) is 34.6 Å². The van der Waals surface area contributed by atoms with Crippen molar-refractivity contribution in [2.24, 2.45) is 0 Å². The summed E-state index contributed by atoms with van der Waals surface area (Å²) in [5.74, 6) is 1.52. The van der Waals surface area contributed by atoms with Gasteiger partial charge in [-0.15, -0.1) is 17.5 Å². The Morgan fingerprint density at radius 1 is 1.09 bits per heavy atom. The predicted octanol–water partition coefficient (Wildman–Crippen LogP) is 5.70. The van der Waals surface area contributed by atoms with Crippen LogP contribution in [-0.4, -0.2) is 50.8 Å². The van der Waals surface area contributed by atoms with Crippen molar-refractivity contribution in [3.05, 3.63) is 65.3 Å². The lowest BCUT2D eigenvalue weighted by molar-refractivity contribution is 0.238. The van der Waals surface area contributed by atoms with Gasteiger partial charge >= 0.3 is 0 Å². The summed E-state index contributed by atoms with van der Waals surface area (Å²) in [6, 6.07) is 14.7. The van der Waals surface area contributed by atoms with Crippen molar-refractivity contribution in [3.8, 4) is 22.6 Å². The van der Waals surface area contributed by atoms with Crippen molar-refractivity contribution in [3.63, 3.8) is 0 Å². The van der Waals surface area contributed by atoms with Gasteiger partial charge in [-0.05, 0) is 86.9 Å². The summed E-state index contributed by atoms with van der Waals surface area (Å²) in [5, 5.41) is 18.2. The molecule has 9 heteroatoms. The summed E-state index contributed by atoms with van der Waals surface area (Å²) < 4.78 is 7.60. The van der Waals surface area contributed by atoms with Crippen LogP contribution in [0.25, 0.3) is 16.8 Å². The lowest BCUT2D eigenvalue weighted by Gasteiger charge is -2.15. The van der Waals surface area contributed by atoms with E-state index in [0.717, 1.165) is 40.3 Å². The number of nitrogens with one attached hydrogen (secondary N) is 1. The summed E-state index contributed by atoms with van der Waals surface area (Å²) >= 11 is 6.34. The SMILES string of the molecule is Cc1cc(-c2cc(O)ccc2Cl)cn2nc(Nc3ccc(OCCN4CCCC4)cc3)nc12.Cl. The highest BCUT2D eigenvalue weighted by atomic mass is 35.5. The Morgan fingerprint density at radius 2 is 1.85 bits per heavy atom. The van der Waals surface area contributed by atoms with Crippen LogP contribution in [0, 0.1) is 6.92 Å². The van der Waals surface area contributed by atoms with Gasteiger partial charge in [-0.1, -0.05) is 11.6 Å². The highest BCUT2D eigenvalue weighted by Gasteiger charge is 2.13. The van der Waals surface area contributed by atoms with E-state index in [1.54, 1.807) is 22.7 Å². The molecule has 5 rings (SSSR count). The summed E-state index contributed by atoms with van der Waals surface area (Å²) in [6.45, 7) is 6.01. The van der Waals surface area contributed by atoms with Crippen LogP contribution >= 0.6 is 24.0 Å². The molecule has 0 aliphatic carbocycles. The number of phenolic OH excluding ortho intramolecular Hbond substituents is 1. The first kappa shape index (κ1) is 24.1. The minimum atomic E-state index is 0. The van der Waals surface area contributed by atoms with E-state index < -0.39 is 0 Å². The van der Waals surface area contributed by atoms with Crippen LogP contribution < -0.4 is 10.1 Å². The third-order valence-electron chi connectivity index (χ3n) is 5.86. The fourth-order valence-corrected chi connectivity index (χ4v) is 4.37. The van der Waals surface area contributed by atoms with Crippen LogP contribution in [0.3, 0.4) is 0 Å². The first-order valence-electron chi connectivity index (χ1n) is 11.1. The third kappa shape index (κ3) is 5.38. The molecule has 2 aromatic carbocycles. The maximum atomic E-state index is 9.85. The molecule has 2 N–H and O–H groups in total. The van der Waals surface area contributed by atoms with Gasteiger partial charge in [0.25, 0.3) is 0 Å². The smallest absolute Gasteiger partial charge is 0.247 e. The Labute approximate surface area is 209 Å². The van der Waals surface area contributed by atoms with Gasteiger partial charge in [0.05, 0.1) is 0 Å². The highest BCUT2D eigenvalue weighted by molar-refractivity contribution is 6.33. The minimum absolute atomic E-state index is 0. The maximum Gasteiger partial charge on any atom is 0.247 e. The van der Waals surface area contributed by atoms with Crippen molar-refractivity contribution < 1.29 is 9.84 Å². The summed E-state index contributed by atoms with van der Waals surface area (Å²) in [5.41, 5.74) is 4.18. The van der Waals surface area contributed by atoms with E-state index in [1.165, 1.54) is 25.9 Å². The van der Waals surface area contributed by atoms with E-state index in [4.69, 9.17) is 16.3 Å². The Morgan fingerprint density at radius 3 is 2.62 bits per heavy atom. The zero-order valence-electron chi connectivity index (χ0n) is 18.9. The number of phenols is 1. The number of hydrogen-bond acceptors (Lipinski definition) is 6. The van der Waals surface area contributed by atoms with Crippen LogP contribution in [0.5, 0.6) is 11.5 Å². The molecular formula is C25H27Cl2N5O2. The zero-order valence-corrected chi connectivity index (χ0v) is 20.4. The van der Waals surface area contributed by atoms with Gasteiger partial charge < -0.3 is 15.2 Å². The second kappa shape index (κ2) is 10.5. The van der Waals surface area contributed by atoms with Crippen molar-refractivity contribution in [1.82, 2.24) is 19.5 Å². The number of hydrogen-bond donors (Lipinski definition) is 2. The number of aromatic hydroxyl groups is 1. The van der Waals surface area contributed by atoms with E-state index in [1.807, 2.05) is 43.5 Å². The van der Waals surface area contributed by atoms with Crippen molar-refractivity contribution >= 4 is 41.3 Å². The van der Waals surface area contributed by atoms with Crippen LogP contribution in [0.15, 0.2) is 54.7 Å². The molecule has 0 unspecified atom stereocenters. The highest BCUT2D eigenvalue weighted by Crippen LogP contribution is 2.32. The van der Waals surface area contributed by atoms with E-state index in [-0.39, 0.29) is 18.2 Å². The minimum Gasteiger partial charge on any atom is -0.508 e. The molecule has 178 valence electrons. The molecule has 1 aliphatic heterocycles. The van der Waals surface area contributed by atoms with E-state index in [9.17, 15) is 5.11 Å². The fraction of sp³-hybridized carbons (Fsp3) is 0.280. The summed E-state index contributed by atoms with van der Waals surface area (Å²) in [6.07, 6.45) is 4.45. The monoisotopic (exact) mass is 499 g/mol. The molecule has 1 aliphatic rings. The van der Waals surface area contributed by atoms with Gasteiger partial charge in [-0.3, -0.25) is 4.90 Å². The molecule has 1 fully saturated rings. The number of aromatic nitrogens is 3. The van der Waals surface area contributed by atoms with Gasteiger partial charge in [-0.2, -0.15) is 4.98 Å². The lowest BCUT2D eigenvalue weighted by atomic mass is 10.1. The first-order chi connectivity index (χ1) is 16.0. The number of halogens is 2. The number of rotatable bonds is 7. The number of nitrogens with zero attached hydrogens (tertiary/aromatic N) is 4. The molecule has 0 atom stereocenters. The molecule has 3 heterocycles. The second-order valence-corrected chi connectivity index (χ2v) is 8.73. The molecular weight excluding hydrogens is 473 g/mol. The average Bonchev–Trinajstić information content (AvgIpc) is 3.46. The van der Waals surface area contributed by atoms with Crippen LogP contribution in [-0.2, 0) is 0 Å². The van der Waals surface area contributed by atoms with Crippen molar-refractivity contribution in [2.45, 2.75) is 19.8 Å². The molecule has 0 spiro atoms. The van der Waals surface area contributed by atoms with E-state index in [0.29, 0.717) is 17.6 Å². The number of pyridine rings is 1. The average molecular weight is 500 g/mol. The molecule has 4 aromatic rings. The Kier molecular flexibility index (Phi) is 7.46. The zero-order chi connectivity index (χ0) is 22.8. The summed E-state index contributed by atoms with van der Waals surface area (Å²) in [7, 11) is 0. The largest absolute Gasteiger partial charge is 0.508 e. The topological polar surface area (TPSA) is 74.9 Å². The molecule has 2 aromatic heterocycles. The number of likely N-dealkylation sites (tertiary alicyclic amines) is 1. The Bertz CT molecular complexity index is 1270. The molecule has 0 radical (unpaired) electrons. The fourth-order valence-electron chi connectivity index (χ4n) is 4.15. The Balaban J connectivity index is 0.00000274. The predicted molar refractivity (Wildman–Crippen MR) is 138 cm³/mol. The molecule has 34 heavy (non-hydrogen) atoms.